The van der Waals surface area contributed by atoms with Crippen LogP contribution in [0.4, 0.5) is 13.2 Å². The van der Waals surface area contributed by atoms with Gasteiger partial charge >= 0.3 is 18.1 Å². The first-order valence-corrected chi connectivity index (χ1v) is 13.9. The van der Waals surface area contributed by atoms with Crippen LogP contribution in [0.5, 0.6) is 17.2 Å². The number of halogens is 3. The molecule has 3 aromatic carbocycles. The largest absolute Gasteiger partial charge is 0.462 e. The Hall–Kier alpha value is -4.86. The number of carbonyl (C=O) groups is 3. The van der Waals surface area contributed by atoms with Gasteiger partial charge in [0, 0.05) is 11.6 Å². The van der Waals surface area contributed by atoms with Crippen LogP contribution in [0.1, 0.15) is 41.6 Å². The van der Waals surface area contributed by atoms with Gasteiger partial charge in [-0.1, -0.05) is 31.4 Å². The third-order valence-electron chi connectivity index (χ3n) is 7.26. The molecule has 1 aliphatic carbocycles. The number of allylic oxidation sites excluding steroid dienone is 1. The average Bonchev–Trinajstić information content (AvgIpc) is 3.03. The number of ketones is 1. The van der Waals surface area contributed by atoms with Gasteiger partial charge < -0.3 is 18.9 Å². The van der Waals surface area contributed by atoms with E-state index in [2.05, 4.69) is 13.2 Å². The summed E-state index contributed by atoms with van der Waals surface area (Å²) in [6.45, 7) is 6.86. The summed E-state index contributed by atoms with van der Waals surface area (Å²) in [4.78, 5) is 35.6. The number of rotatable bonds is 12. The molecule has 4 rings (SSSR count). The monoisotopic (exact) mass is 608 g/mol. The van der Waals surface area contributed by atoms with Crippen molar-refractivity contribution in [1.29, 1.82) is 0 Å². The van der Waals surface area contributed by atoms with Gasteiger partial charge in [-0.15, -0.1) is 0 Å². The molecule has 0 amide bonds. The normalized spacial score (nSPS) is 16.3. The molecule has 0 N–H and O–H groups in total. The molecule has 0 unspecified atom stereocenters. The van der Waals surface area contributed by atoms with E-state index in [1.165, 1.54) is 42.5 Å². The third-order valence-corrected chi connectivity index (χ3v) is 7.26. The Bertz CT molecular complexity index is 1490. The standard InChI is InChI=1S/C34H31F3O7/c1-3-31(38)24-11-15-27(16-12-24)43-21-42-26-13-9-23(10-14-26)29-18-17-28(19-30(29)34(35,36)37)44-33(40)25-7-5-22(6-8-25)20-41-32(39)4-2/h3-4,9-19,22,25H,1-2,5-8,20-21H2. The number of benzene rings is 3. The second-order valence-corrected chi connectivity index (χ2v) is 10.2. The van der Waals surface area contributed by atoms with E-state index in [4.69, 9.17) is 18.9 Å². The molecule has 1 aliphatic rings. The predicted octanol–water partition coefficient (Wildman–Crippen LogP) is 7.60. The summed E-state index contributed by atoms with van der Waals surface area (Å²) in [5.41, 5.74) is -0.256. The Balaban J connectivity index is 1.35. The highest BCUT2D eigenvalue weighted by atomic mass is 19.4. The summed E-state index contributed by atoms with van der Waals surface area (Å²) in [7, 11) is 0. The van der Waals surface area contributed by atoms with E-state index in [9.17, 15) is 27.6 Å². The molecule has 0 spiro atoms. The van der Waals surface area contributed by atoms with Gasteiger partial charge in [-0.05, 0) is 97.3 Å². The summed E-state index contributed by atoms with van der Waals surface area (Å²) < 4.78 is 63.6. The molecule has 1 saturated carbocycles. The van der Waals surface area contributed by atoms with E-state index < -0.39 is 29.6 Å². The lowest BCUT2D eigenvalue weighted by Crippen LogP contribution is -2.27. The minimum absolute atomic E-state index is 0.0798. The topological polar surface area (TPSA) is 88.1 Å². The molecule has 0 aliphatic heterocycles. The fourth-order valence-corrected chi connectivity index (χ4v) is 4.83. The molecule has 1 fully saturated rings. The quantitative estimate of drug-likeness (QED) is 0.0688. The Morgan fingerprint density at radius 2 is 1.39 bits per heavy atom. The van der Waals surface area contributed by atoms with Crippen LogP contribution in [-0.2, 0) is 20.5 Å². The maximum atomic E-state index is 14.1. The van der Waals surface area contributed by atoms with Crippen LogP contribution in [0, 0.1) is 11.8 Å². The van der Waals surface area contributed by atoms with Gasteiger partial charge in [-0.2, -0.15) is 13.2 Å². The van der Waals surface area contributed by atoms with Gasteiger partial charge in [-0.25, -0.2) is 4.79 Å². The van der Waals surface area contributed by atoms with E-state index >= 15 is 0 Å². The van der Waals surface area contributed by atoms with Crippen LogP contribution in [0.25, 0.3) is 11.1 Å². The van der Waals surface area contributed by atoms with Crippen molar-refractivity contribution in [2.24, 2.45) is 11.8 Å². The maximum absolute atomic E-state index is 14.1. The average molecular weight is 609 g/mol. The van der Waals surface area contributed by atoms with Crippen LogP contribution >= 0.6 is 0 Å². The van der Waals surface area contributed by atoms with Gasteiger partial charge in [0.25, 0.3) is 0 Å². The first-order valence-electron chi connectivity index (χ1n) is 13.9. The number of carbonyl (C=O) groups excluding carboxylic acids is 3. The molecule has 10 heteroatoms. The molecule has 44 heavy (non-hydrogen) atoms. The van der Waals surface area contributed by atoms with Gasteiger partial charge in [-0.3, -0.25) is 9.59 Å². The van der Waals surface area contributed by atoms with Crippen LogP contribution in [-0.4, -0.2) is 31.1 Å². The highest BCUT2D eigenvalue weighted by Gasteiger charge is 2.35. The molecular weight excluding hydrogens is 577 g/mol. The van der Waals surface area contributed by atoms with E-state index in [0.29, 0.717) is 48.3 Å². The fourth-order valence-electron chi connectivity index (χ4n) is 4.83. The maximum Gasteiger partial charge on any atom is 0.417 e. The Labute approximate surface area is 252 Å². The first kappa shape index (κ1) is 32.1. The lowest BCUT2D eigenvalue weighted by Gasteiger charge is -2.26. The summed E-state index contributed by atoms with van der Waals surface area (Å²) in [5.74, 6) is -0.990. The lowest BCUT2D eigenvalue weighted by molar-refractivity contribution is -0.143. The molecule has 0 radical (unpaired) electrons. The van der Waals surface area contributed by atoms with Crippen molar-refractivity contribution in [3.05, 3.63) is 103 Å². The third kappa shape index (κ3) is 8.59. The van der Waals surface area contributed by atoms with Crippen molar-refractivity contribution in [1.82, 2.24) is 0 Å². The zero-order valence-electron chi connectivity index (χ0n) is 23.8. The number of esters is 2. The highest BCUT2D eigenvalue weighted by molar-refractivity contribution is 6.04. The predicted molar refractivity (Wildman–Crippen MR) is 156 cm³/mol. The molecule has 0 atom stereocenters. The van der Waals surface area contributed by atoms with Gasteiger partial charge in [0.2, 0.25) is 6.79 Å². The molecule has 7 nitrogen and oxygen atoms in total. The second kappa shape index (κ2) is 14.5. The lowest BCUT2D eigenvalue weighted by atomic mass is 9.82. The number of ether oxygens (including phenoxy) is 4. The number of hydrogen-bond donors (Lipinski definition) is 0. The Morgan fingerprint density at radius 3 is 1.95 bits per heavy atom. The van der Waals surface area contributed by atoms with E-state index in [0.717, 1.165) is 12.1 Å². The van der Waals surface area contributed by atoms with Crippen molar-refractivity contribution in [3.63, 3.8) is 0 Å². The van der Waals surface area contributed by atoms with Crippen LogP contribution in [0.15, 0.2) is 92.0 Å². The van der Waals surface area contributed by atoms with Crippen LogP contribution in [0.2, 0.25) is 0 Å². The SMILES string of the molecule is C=CC(=O)OCC1CCC(C(=O)Oc2ccc(-c3ccc(OCOc4ccc(C(=O)C=C)cc4)cc3)c(C(F)(F)F)c2)CC1. The van der Waals surface area contributed by atoms with Crippen molar-refractivity contribution >= 4 is 17.7 Å². The second-order valence-electron chi connectivity index (χ2n) is 10.2. The van der Waals surface area contributed by atoms with E-state index in [-0.39, 0.29) is 36.4 Å². The summed E-state index contributed by atoms with van der Waals surface area (Å²) in [6.07, 6.45) is -0.157. The minimum atomic E-state index is -4.70. The molecule has 230 valence electrons. The van der Waals surface area contributed by atoms with Crippen molar-refractivity contribution in [2.75, 3.05) is 13.4 Å². The van der Waals surface area contributed by atoms with Gasteiger partial charge in [0.15, 0.2) is 5.78 Å². The van der Waals surface area contributed by atoms with Crippen molar-refractivity contribution < 1.29 is 46.5 Å². The molecule has 3 aromatic rings. The molecule has 0 aromatic heterocycles. The first-order chi connectivity index (χ1) is 21.1. The molecule has 0 bridgehead atoms. The zero-order chi connectivity index (χ0) is 31.7. The highest BCUT2D eigenvalue weighted by Crippen LogP contribution is 2.40. The Morgan fingerprint density at radius 1 is 0.795 bits per heavy atom. The van der Waals surface area contributed by atoms with Crippen LogP contribution in [0.3, 0.4) is 0 Å². The Kier molecular flexibility index (Phi) is 10.6. The molecular formula is C34H31F3O7. The van der Waals surface area contributed by atoms with E-state index in [1.807, 2.05) is 0 Å². The van der Waals surface area contributed by atoms with Gasteiger partial charge in [0.05, 0.1) is 18.1 Å². The molecule has 0 heterocycles. The van der Waals surface area contributed by atoms with Crippen molar-refractivity contribution in [3.8, 4) is 28.4 Å². The number of hydrogen-bond acceptors (Lipinski definition) is 7. The van der Waals surface area contributed by atoms with Gasteiger partial charge in [0.1, 0.15) is 17.2 Å². The fraction of sp³-hybridized carbons (Fsp3) is 0.265. The van der Waals surface area contributed by atoms with Crippen molar-refractivity contribution in [2.45, 2.75) is 31.9 Å². The molecule has 0 saturated heterocycles. The minimum Gasteiger partial charge on any atom is -0.462 e. The number of alkyl halides is 3. The zero-order valence-corrected chi connectivity index (χ0v) is 23.8. The summed E-state index contributed by atoms with van der Waals surface area (Å²) in [5, 5.41) is 0. The van der Waals surface area contributed by atoms with Crippen LogP contribution < -0.4 is 14.2 Å². The van der Waals surface area contributed by atoms with E-state index in [1.54, 1.807) is 24.3 Å². The summed E-state index contributed by atoms with van der Waals surface area (Å²) >= 11 is 0. The summed E-state index contributed by atoms with van der Waals surface area (Å²) in [6, 6.07) is 15.9. The smallest absolute Gasteiger partial charge is 0.417 e.